The van der Waals surface area contributed by atoms with Gasteiger partial charge in [0.1, 0.15) is 17.3 Å². The number of rotatable bonds is 5. The first kappa shape index (κ1) is 14.8. The van der Waals surface area contributed by atoms with Gasteiger partial charge in [-0.15, -0.1) is 6.42 Å². The normalized spacial score (nSPS) is 9.71. The van der Waals surface area contributed by atoms with Gasteiger partial charge in [-0.25, -0.2) is 9.97 Å². The number of hydrogen-bond donors (Lipinski definition) is 2. The van der Waals surface area contributed by atoms with E-state index >= 15 is 0 Å². The first-order valence-corrected chi connectivity index (χ1v) is 6.59. The fraction of sp³-hybridized carbons (Fsp3) is 0.133. The zero-order valence-corrected chi connectivity index (χ0v) is 11.9. The number of aromatic nitrogens is 2. The molecule has 21 heavy (non-hydrogen) atoms. The molecule has 0 fully saturated rings. The van der Waals surface area contributed by atoms with Gasteiger partial charge in [-0.2, -0.15) is 0 Å². The van der Waals surface area contributed by atoms with Gasteiger partial charge in [0.15, 0.2) is 0 Å². The Bertz CT molecular complexity index is 664. The minimum atomic E-state index is -0.185. The molecular formula is C15H13ClN4O. The topological polar surface area (TPSA) is 66.9 Å². The summed E-state index contributed by atoms with van der Waals surface area (Å²) in [7, 11) is 0. The Balaban J connectivity index is 1.93. The van der Waals surface area contributed by atoms with Crippen LogP contribution in [0.15, 0.2) is 36.7 Å². The average Bonchev–Trinajstić information content (AvgIpc) is 2.51. The molecule has 6 heteroatoms. The number of terminal acetylenes is 1. The van der Waals surface area contributed by atoms with E-state index in [0.717, 1.165) is 5.56 Å². The molecule has 0 aliphatic heterocycles. The van der Waals surface area contributed by atoms with Gasteiger partial charge in [-0.05, 0) is 17.7 Å². The van der Waals surface area contributed by atoms with Gasteiger partial charge in [0.2, 0.25) is 0 Å². The van der Waals surface area contributed by atoms with Gasteiger partial charge in [0.05, 0.1) is 6.54 Å². The summed E-state index contributed by atoms with van der Waals surface area (Å²) in [6.07, 6.45) is 6.48. The number of benzene rings is 1. The summed E-state index contributed by atoms with van der Waals surface area (Å²) in [4.78, 5) is 19.5. The lowest BCUT2D eigenvalue weighted by molar-refractivity contribution is 0.0958. The van der Waals surface area contributed by atoms with Crippen LogP contribution < -0.4 is 10.6 Å². The molecule has 1 heterocycles. The lowest BCUT2D eigenvalue weighted by Crippen LogP contribution is -2.23. The predicted molar refractivity (Wildman–Crippen MR) is 82.0 cm³/mol. The zero-order chi connectivity index (χ0) is 15.1. The van der Waals surface area contributed by atoms with Crippen molar-refractivity contribution in [3.8, 4) is 12.3 Å². The number of hydrogen-bond acceptors (Lipinski definition) is 4. The third-order valence-electron chi connectivity index (χ3n) is 2.67. The van der Waals surface area contributed by atoms with Gasteiger partial charge in [0, 0.05) is 18.2 Å². The monoisotopic (exact) mass is 300 g/mol. The van der Waals surface area contributed by atoms with E-state index in [1.807, 2.05) is 12.1 Å². The zero-order valence-electron chi connectivity index (χ0n) is 11.1. The molecular weight excluding hydrogens is 288 g/mol. The van der Waals surface area contributed by atoms with E-state index in [1.54, 1.807) is 18.2 Å². The number of amides is 1. The number of halogens is 1. The average molecular weight is 301 g/mol. The Hall–Kier alpha value is -2.58. The van der Waals surface area contributed by atoms with E-state index in [-0.39, 0.29) is 12.5 Å². The standard InChI is InChI=1S/C15H13ClN4O/c1-2-7-17-15(21)12-5-3-11(4-6-12)9-18-14-8-13(16)19-10-20-14/h1,3-6,8,10H,7,9H2,(H,17,21)(H,18,19,20). The van der Waals surface area contributed by atoms with Crippen molar-refractivity contribution in [1.82, 2.24) is 15.3 Å². The number of carbonyl (C=O) groups excluding carboxylic acids is 1. The maximum atomic E-state index is 11.7. The third kappa shape index (κ3) is 4.48. The Morgan fingerprint density at radius 3 is 2.71 bits per heavy atom. The Morgan fingerprint density at radius 2 is 2.05 bits per heavy atom. The van der Waals surface area contributed by atoms with Crippen molar-refractivity contribution in [2.75, 3.05) is 11.9 Å². The molecule has 2 N–H and O–H groups in total. The van der Waals surface area contributed by atoms with E-state index < -0.39 is 0 Å². The van der Waals surface area contributed by atoms with Crippen molar-refractivity contribution in [3.63, 3.8) is 0 Å². The van der Waals surface area contributed by atoms with Crippen molar-refractivity contribution in [3.05, 3.63) is 52.9 Å². The molecule has 2 rings (SSSR count). The van der Waals surface area contributed by atoms with Crippen LogP contribution >= 0.6 is 11.6 Å². The van der Waals surface area contributed by atoms with Crippen LogP contribution in [-0.4, -0.2) is 22.4 Å². The Morgan fingerprint density at radius 1 is 1.29 bits per heavy atom. The molecule has 106 valence electrons. The van der Waals surface area contributed by atoms with Gasteiger partial charge in [-0.1, -0.05) is 29.7 Å². The first-order valence-electron chi connectivity index (χ1n) is 6.21. The van der Waals surface area contributed by atoms with Gasteiger partial charge >= 0.3 is 0 Å². The van der Waals surface area contributed by atoms with Crippen molar-refractivity contribution in [2.45, 2.75) is 6.54 Å². The van der Waals surface area contributed by atoms with E-state index in [0.29, 0.717) is 23.1 Å². The van der Waals surface area contributed by atoms with Gasteiger partial charge < -0.3 is 10.6 Å². The summed E-state index contributed by atoms with van der Waals surface area (Å²) >= 11 is 5.77. The molecule has 2 aromatic rings. The molecule has 1 aromatic carbocycles. The van der Waals surface area contributed by atoms with Crippen LogP contribution in [0.25, 0.3) is 0 Å². The number of nitrogens with one attached hydrogen (secondary N) is 2. The molecule has 0 radical (unpaired) electrons. The highest BCUT2D eigenvalue weighted by atomic mass is 35.5. The van der Waals surface area contributed by atoms with Crippen molar-refractivity contribution < 1.29 is 4.79 Å². The third-order valence-corrected chi connectivity index (χ3v) is 2.88. The number of anilines is 1. The van der Waals surface area contributed by atoms with Crippen LogP contribution in [0.1, 0.15) is 15.9 Å². The quantitative estimate of drug-likeness (QED) is 0.655. The summed E-state index contributed by atoms with van der Waals surface area (Å²) in [5.41, 5.74) is 1.58. The molecule has 0 atom stereocenters. The molecule has 1 aromatic heterocycles. The van der Waals surface area contributed by atoms with Crippen molar-refractivity contribution in [2.24, 2.45) is 0 Å². The second kappa shape index (κ2) is 7.27. The van der Waals surface area contributed by atoms with Crippen LogP contribution in [0.4, 0.5) is 5.82 Å². The van der Waals surface area contributed by atoms with Crippen LogP contribution in [0, 0.1) is 12.3 Å². The second-order valence-corrected chi connectivity index (χ2v) is 4.55. The minimum Gasteiger partial charge on any atom is -0.366 e. The summed E-state index contributed by atoms with van der Waals surface area (Å²) in [6, 6.07) is 8.86. The molecule has 1 amide bonds. The molecule has 5 nitrogen and oxygen atoms in total. The molecule has 0 saturated carbocycles. The van der Waals surface area contributed by atoms with E-state index in [2.05, 4.69) is 26.5 Å². The number of nitrogens with zero attached hydrogens (tertiary/aromatic N) is 2. The highest BCUT2D eigenvalue weighted by Crippen LogP contribution is 2.11. The predicted octanol–water partition coefficient (Wildman–Crippen LogP) is 2.11. The van der Waals surface area contributed by atoms with Gasteiger partial charge in [0.25, 0.3) is 5.91 Å². The molecule has 0 saturated heterocycles. The number of carbonyl (C=O) groups is 1. The van der Waals surface area contributed by atoms with Crippen LogP contribution in [0.3, 0.4) is 0 Å². The molecule has 0 aliphatic rings. The van der Waals surface area contributed by atoms with Crippen molar-refractivity contribution >= 4 is 23.3 Å². The lowest BCUT2D eigenvalue weighted by atomic mass is 10.1. The van der Waals surface area contributed by atoms with E-state index in [4.69, 9.17) is 18.0 Å². The van der Waals surface area contributed by atoms with Crippen LogP contribution in [0.2, 0.25) is 5.15 Å². The summed E-state index contributed by atoms with van der Waals surface area (Å²) in [5.74, 6) is 2.82. The highest BCUT2D eigenvalue weighted by Gasteiger charge is 2.04. The molecule has 0 aliphatic carbocycles. The van der Waals surface area contributed by atoms with E-state index in [9.17, 15) is 4.79 Å². The fourth-order valence-electron chi connectivity index (χ4n) is 1.63. The lowest BCUT2D eigenvalue weighted by Gasteiger charge is -2.07. The van der Waals surface area contributed by atoms with Crippen LogP contribution in [0.5, 0.6) is 0 Å². The summed E-state index contributed by atoms with van der Waals surface area (Å²) in [6.45, 7) is 0.788. The maximum Gasteiger partial charge on any atom is 0.252 e. The maximum absolute atomic E-state index is 11.7. The SMILES string of the molecule is C#CCNC(=O)c1ccc(CNc2cc(Cl)ncn2)cc1. The summed E-state index contributed by atoms with van der Waals surface area (Å²) < 4.78 is 0. The molecule has 0 spiro atoms. The fourth-order valence-corrected chi connectivity index (χ4v) is 1.78. The van der Waals surface area contributed by atoms with Gasteiger partial charge in [-0.3, -0.25) is 4.79 Å². The summed E-state index contributed by atoms with van der Waals surface area (Å²) in [5, 5.41) is 6.11. The van der Waals surface area contributed by atoms with E-state index in [1.165, 1.54) is 6.33 Å². The second-order valence-electron chi connectivity index (χ2n) is 4.16. The van der Waals surface area contributed by atoms with Crippen molar-refractivity contribution in [1.29, 1.82) is 0 Å². The first-order chi connectivity index (χ1) is 10.2. The Kier molecular flexibility index (Phi) is 5.13. The molecule has 0 unspecified atom stereocenters. The largest absolute Gasteiger partial charge is 0.366 e. The smallest absolute Gasteiger partial charge is 0.252 e. The molecule has 0 bridgehead atoms. The minimum absolute atomic E-state index is 0.185. The Labute approximate surface area is 127 Å². The van der Waals surface area contributed by atoms with Crippen LogP contribution in [-0.2, 0) is 6.54 Å². The highest BCUT2D eigenvalue weighted by molar-refractivity contribution is 6.29.